The molecule has 0 aromatic carbocycles. The molecule has 0 aromatic rings. The lowest BCUT2D eigenvalue weighted by atomic mass is 10.5. The van der Waals surface area contributed by atoms with Crippen LogP contribution in [0.2, 0.25) is 6.04 Å². The number of hydrogen-bond acceptors (Lipinski definition) is 0. The van der Waals surface area contributed by atoms with E-state index in [0.29, 0.717) is 6.04 Å². The van der Waals surface area contributed by atoms with Gasteiger partial charge in [0.05, 0.1) is 0 Å². The first-order valence-electron chi connectivity index (χ1n) is 2.98. The van der Waals surface area contributed by atoms with E-state index in [1.165, 1.54) is 0 Å². The predicted octanol–water partition coefficient (Wildman–Crippen LogP) is -1.11. The van der Waals surface area contributed by atoms with Crippen molar-refractivity contribution in [2.24, 2.45) is 0 Å². The molecule has 0 aromatic heterocycles. The zero-order chi connectivity index (χ0) is 7.49. The fourth-order valence-electron chi connectivity index (χ4n) is 0.452. The molecule has 56 valence electrons. The van der Waals surface area contributed by atoms with E-state index in [4.69, 9.17) is 0 Å². The molecule has 0 aliphatic heterocycles. The lowest BCUT2D eigenvalue weighted by Crippen LogP contribution is -2.17. The fraction of sp³-hybridized carbons (Fsp3) is 1.00. The minimum Gasteiger partial charge on any atom is -0.171 e. The Balaban J connectivity index is 3.28. The van der Waals surface area contributed by atoms with E-state index < -0.39 is 20.4 Å². The zero-order valence-corrected chi connectivity index (χ0v) is 10.8. The summed E-state index contributed by atoms with van der Waals surface area (Å²) >= 11 is 0. The van der Waals surface area contributed by atoms with Crippen LogP contribution in [0.1, 0.15) is 6.42 Å². The molecule has 6 heteroatoms. The second-order valence-electron chi connectivity index (χ2n) is 2.55. The molecule has 0 amide bonds. The molecule has 0 rings (SSSR count). The van der Waals surface area contributed by atoms with Crippen molar-refractivity contribution in [1.29, 1.82) is 0 Å². The largest absolute Gasteiger partial charge is 0.388 e. The normalized spacial score (nSPS) is 16.3. The molecule has 0 aliphatic rings. The van der Waals surface area contributed by atoms with Crippen LogP contribution in [0.5, 0.6) is 0 Å². The van der Waals surface area contributed by atoms with Crippen LogP contribution in [0.4, 0.5) is 13.2 Å². The molecule has 0 saturated carbocycles. The Hall–Kier alpha value is 0.441. The van der Waals surface area contributed by atoms with Crippen LogP contribution in [0.15, 0.2) is 0 Å². The summed E-state index contributed by atoms with van der Waals surface area (Å²) in [5.74, 6) is 0. The standard InChI is InChI=1S/C3H11F3Si3/c4-3(5,6)1-2-9(7)8/h9H,1-2H2,7-8H3. The van der Waals surface area contributed by atoms with Crippen LogP contribution < -0.4 is 0 Å². The highest BCUT2D eigenvalue weighted by Crippen LogP contribution is 2.21. The average Bonchev–Trinajstić information content (AvgIpc) is 1.59. The molecule has 9 heavy (non-hydrogen) atoms. The van der Waals surface area contributed by atoms with Gasteiger partial charge in [0.1, 0.15) is 0 Å². The minimum absolute atomic E-state index is 0.502. The molecular formula is C3H11F3Si3. The number of halogens is 3. The Morgan fingerprint density at radius 2 is 1.67 bits per heavy atom. The molecule has 0 fully saturated rings. The van der Waals surface area contributed by atoms with Crippen molar-refractivity contribution in [3.63, 3.8) is 0 Å². The first-order valence-corrected chi connectivity index (χ1v) is 13.0. The highest BCUT2D eigenvalue weighted by molar-refractivity contribution is 7.29. The van der Waals surface area contributed by atoms with E-state index in [1.807, 2.05) is 0 Å². The third-order valence-electron chi connectivity index (χ3n) is 1.01. The summed E-state index contributed by atoms with van der Waals surface area (Å²) in [6.45, 7) is 0. The summed E-state index contributed by atoms with van der Waals surface area (Å²) in [7, 11) is 1.41. The van der Waals surface area contributed by atoms with Crippen LogP contribution >= 0.6 is 0 Å². The number of hydrogen-bond donors (Lipinski definition) is 0. The molecule has 0 spiro atoms. The molecule has 0 radical (unpaired) electrons. The maximum atomic E-state index is 11.5. The number of rotatable bonds is 2. The Morgan fingerprint density at radius 3 is 1.78 bits per heavy atom. The van der Waals surface area contributed by atoms with Crippen molar-refractivity contribution in [2.75, 3.05) is 0 Å². The van der Waals surface area contributed by atoms with Crippen LogP contribution in [-0.4, -0.2) is 33.5 Å². The predicted molar refractivity (Wildman–Crippen MR) is 42.5 cm³/mol. The SMILES string of the molecule is FC(F)(F)CC[SiH]([SiH3])[SiH3]. The first-order chi connectivity index (χ1) is 3.92. The van der Waals surface area contributed by atoms with E-state index in [0.717, 1.165) is 19.5 Å². The molecule has 0 bridgehead atoms. The monoisotopic (exact) mass is 188 g/mol. The van der Waals surface area contributed by atoms with Crippen molar-refractivity contribution in [2.45, 2.75) is 18.6 Å². The molecule has 0 saturated heterocycles. The van der Waals surface area contributed by atoms with Crippen molar-refractivity contribution in [3.05, 3.63) is 0 Å². The third kappa shape index (κ3) is 8.44. The van der Waals surface area contributed by atoms with E-state index in [2.05, 4.69) is 0 Å². The van der Waals surface area contributed by atoms with E-state index in [1.54, 1.807) is 0 Å². The van der Waals surface area contributed by atoms with Crippen molar-refractivity contribution in [1.82, 2.24) is 0 Å². The second kappa shape index (κ2) is 3.57. The van der Waals surface area contributed by atoms with Gasteiger partial charge in [0.25, 0.3) is 0 Å². The van der Waals surface area contributed by atoms with Crippen molar-refractivity contribution >= 4 is 27.4 Å². The molecule has 0 atom stereocenters. The van der Waals surface area contributed by atoms with Gasteiger partial charge in [0.2, 0.25) is 0 Å². The Bertz CT molecular complexity index is 78.9. The Kier molecular flexibility index (Phi) is 3.75. The first kappa shape index (κ1) is 9.44. The number of alkyl halides is 3. The fourth-order valence-corrected chi connectivity index (χ4v) is 3.09. The lowest BCUT2D eigenvalue weighted by Gasteiger charge is -2.06. The highest BCUT2D eigenvalue weighted by Gasteiger charge is 2.26. The van der Waals surface area contributed by atoms with Crippen LogP contribution in [0, 0.1) is 0 Å². The minimum atomic E-state index is -3.89. The van der Waals surface area contributed by atoms with Gasteiger partial charge in [-0.1, -0.05) is 6.04 Å². The maximum Gasteiger partial charge on any atom is 0.388 e. The van der Waals surface area contributed by atoms with E-state index in [9.17, 15) is 13.2 Å². The molecule has 0 N–H and O–H groups in total. The van der Waals surface area contributed by atoms with Crippen LogP contribution in [-0.2, 0) is 0 Å². The van der Waals surface area contributed by atoms with Gasteiger partial charge in [-0.25, -0.2) is 0 Å². The average molecular weight is 188 g/mol. The van der Waals surface area contributed by atoms with Gasteiger partial charge in [-0.2, -0.15) is 13.2 Å². The van der Waals surface area contributed by atoms with Gasteiger partial charge in [0, 0.05) is 14.3 Å². The van der Waals surface area contributed by atoms with Crippen LogP contribution in [0.25, 0.3) is 0 Å². The summed E-state index contributed by atoms with van der Waals surface area (Å²) in [5.41, 5.74) is 0. The summed E-state index contributed by atoms with van der Waals surface area (Å²) < 4.78 is 34.4. The van der Waals surface area contributed by atoms with Gasteiger partial charge in [0.15, 0.2) is 0 Å². The topological polar surface area (TPSA) is 0 Å². The van der Waals surface area contributed by atoms with E-state index in [-0.39, 0.29) is 0 Å². The summed E-state index contributed by atoms with van der Waals surface area (Å²) in [6.07, 6.45) is -4.41. The van der Waals surface area contributed by atoms with Gasteiger partial charge >= 0.3 is 6.18 Å². The van der Waals surface area contributed by atoms with Crippen LogP contribution in [0.3, 0.4) is 0 Å². The Labute approximate surface area is 59.9 Å². The molecule has 0 aliphatic carbocycles. The van der Waals surface area contributed by atoms with Crippen molar-refractivity contribution in [3.8, 4) is 0 Å². The summed E-state index contributed by atoms with van der Waals surface area (Å²) in [4.78, 5) is 0. The van der Waals surface area contributed by atoms with Crippen molar-refractivity contribution < 1.29 is 13.2 Å². The van der Waals surface area contributed by atoms with Gasteiger partial charge in [-0.05, 0) is 19.5 Å². The van der Waals surface area contributed by atoms with Gasteiger partial charge in [-0.15, -0.1) is 0 Å². The molecule has 0 unspecified atom stereocenters. The maximum absolute atomic E-state index is 11.5. The smallest absolute Gasteiger partial charge is 0.171 e. The molecule has 0 nitrogen and oxygen atoms in total. The lowest BCUT2D eigenvalue weighted by molar-refractivity contribution is -0.130. The van der Waals surface area contributed by atoms with Gasteiger partial charge in [-0.3, -0.25) is 0 Å². The summed E-state index contributed by atoms with van der Waals surface area (Å²) in [5, 5.41) is 0. The highest BCUT2D eigenvalue weighted by atomic mass is 29.5. The molecule has 0 heterocycles. The Morgan fingerprint density at radius 1 is 1.22 bits per heavy atom. The third-order valence-corrected chi connectivity index (χ3v) is 5.91. The summed E-state index contributed by atoms with van der Waals surface area (Å²) in [6, 6.07) is 0.502. The quantitative estimate of drug-likeness (QED) is 0.482. The zero-order valence-electron chi connectivity index (χ0n) is 5.63. The van der Waals surface area contributed by atoms with E-state index >= 15 is 0 Å². The second-order valence-corrected chi connectivity index (χ2v) is 24.7. The van der Waals surface area contributed by atoms with Gasteiger partial charge < -0.3 is 0 Å². The molecular weight excluding hydrogens is 177 g/mol.